The van der Waals surface area contributed by atoms with Gasteiger partial charge in [0.1, 0.15) is 6.61 Å². The lowest BCUT2D eigenvalue weighted by Gasteiger charge is -2.12. The molecule has 1 atom stereocenters. The largest absolute Gasteiger partial charge is 0.457 e. The molecular formula is C12H19N3O3. The van der Waals surface area contributed by atoms with Gasteiger partial charge in [-0.05, 0) is 20.3 Å². The third-order valence-corrected chi connectivity index (χ3v) is 2.61. The highest BCUT2D eigenvalue weighted by atomic mass is 16.5. The lowest BCUT2D eigenvalue weighted by molar-refractivity contribution is 0.0542. The summed E-state index contributed by atoms with van der Waals surface area (Å²) in [6, 6.07) is 0.124. The Hall–Kier alpha value is -1.69. The third kappa shape index (κ3) is 3.40. The van der Waals surface area contributed by atoms with Crippen molar-refractivity contribution in [2.75, 3.05) is 20.3 Å². The summed E-state index contributed by atoms with van der Waals surface area (Å²) < 4.78 is 11.7. The molecule has 0 N–H and O–H groups in total. The zero-order valence-electron chi connectivity index (χ0n) is 11.0. The van der Waals surface area contributed by atoms with Gasteiger partial charge < -0.3 is 9.47 Å². The van der Waals surface area contributed by atoms with E-state index in [-0.39, 0.29) is 18.3 Å². The molecule has 0 saturated carbocycles. The normalized spacial score (nSPS) is 12.2. The van der Waals surface area contributed by atoms with Crippen LogP contribution in [0.2, 0.25) is 0 Å². The molecular weight excluding hydrogens is 234 g/mol. The van der Waals surface area contributed by atoms with Gasteiger partial charge in [-0.3, -0.25) is 0 Å². The van der Waals surface area contributed by atoms with Gasteiger partial charge in [0.2, 0.25) is 0 Å². The monoisotopic (exact) mass is 253 g/mol. The molecule has 1 aromatic heterocycles. The van der Waals surface area contributed by atoms with Crippen LogP contribution in [0.1, 0.15) is 35.6 Å². The first-order valence-corrected chi connectivity index (χ1v) is 5.80. The van der Waals surface area contributed by atoms with Crippen LogP contribution in [0.4, 0.5) is 0 Å². The van der Waals surface area contributed by atoms with Crippen molar-refractivity contribution >= 4 is 5.97 Å². The first-order valence-electron chi connectivity index (χ1n) is 5.80. The smallest absolute Gasteiger partial charge is 0.361 e. The van der Waals surface area contributed by atoms with Crippen molar-refractivity contribution in [2.45, 2.75) is 26.3 Å². The average Bonchev–Trinajstić information content (AvgIpc) is 2.75. The molecule has 1 unspecified atom stereocenters. The Bertz CT molecular complexity index is 415. The fourth-order valence-corrected chi connectivity index (χ4v) is 1.56. The second-order valence-corrected chi connectivity index (χ2v) is 3.99. The number of aromatic nitrogens is 3. The minimum absolute atomic E-state index is 0.124. The number of nitrogens with zero attached hydrogens (tertiary/aromatic N) is 3. The third-order valence-electron chi connectivity index (χ3n) is 2.61. The minimum atomic E-state index is -0.474. The molecule has 0 spiro atoms. The molecule has 1 aromatic rings. The molecule has 0 fully saturated rings. The minimum Gasteiger partial charge on any atom is -0.457 e. The second-order valence-electron chi connectivity index (χ2n) is 3.99. The molecule has 0 radical (unpaired) electrons. The van der Waals surface area contributed by atoms with Gasteiger partial charge in [-0.1, -0.05) is 17.9 Å². The maximum atomic E-state index is 11.7. The molecule has 0 aromatic carbocycles. The van der Waals surface area contributed by atoms with Crippen LogP contribution in [0.15, 0.2) is 12.7 Å². The van der Waals surface area contributed by atoms with Crippen molar-refractivity contribution < 1.29 is 14.3 Å². The standard InChI is InChI=1S/C12H19N3O3/c1-5-7-18-12(16)11-10(3)15(14-13-11)9(2)6-8-17-4/h5,9H,1,6-8H2,2-4H3. The van der Waals surface area contributed by atoms with Crippen molar-refractivity contribution in [3.8, 4) is 0 Å². The summed E-state index contributed by atoms with van der Waals surface area (Å²) in [5.41, 5.74) is 0.953. The predicted molar refractivity (Wildman–Crippen MR) is 66.4 cm³/mol. The van der Waals surface area contributed by atoms with Crippen LogP contribution in [-0.2, 0) is 9.47 Å². The summed E-state index contributed by atoms with van der Waals surface area (Å²) in [7, 11) is 1.65. The molecule has 0 aliphatic rings. The van der Waals surface area contributed by atoms with E-state index in [1.165, 1.54) is 6.08 Å². The number of rotatable bonds is 7. The summed E-state index contributed by atoms with van der Waals surface area (Å²) in [4.78, 5) is 11.7. The first kappa shape index (κ1) is 14.4. The summed E-state index contributed by atoms with van der Waals surface area (Å²) in [5, 5.41) is 7.84. The lowest BCUT2D eigenvalue weighted by Crippen LogP contribution is -2.12. The van der Waals surface area contributed by atoms with Gasteiger partial charge in [0.25, 0.3) is 0 Å². The van der Waals surface area contributed by atoms with Crippen LogP contribution in [0.25, 0.3) is 0 Å². The van der Waals surface area contributed by atoms with Crippen LogP contribution < -0.4 is 0 Å². The number of hydrogen-bond acceptors (Lipinski definition) is 5. The fraction of sp³-hybridized carbons (Fsp3) is 0.583. The molecule has 0 aliphatic carbocycles. The summed E-state index contributed by atoms with van der Waals surface area (Å²) >= 11 is 0. The molecule has 0 amide bonds. The number of carbonyl (C=O) groups excluding carboxylic acids is 1. The van der Waals surface area contributed by atoms with Gasteiger partial charge in [0.15, 0.2) is 5.69 Å². The van der Waals surface area contributed by atoms with E-state index in [1.807, 2.05) is 6.92 Å². The van der Waals surface area contributed by atoms with Crippen LogP contribution in [0.5, 0.6) is 0 Å². The topological polar surface area (TPSA) is 66.2 Å². The Morgan fingerprint density at radius 1 is 1.61 bits per heavy atom. The number of carbonyl (C=O) groups is 1. The van der Waals surface area contributed by atoms with E-state index in [1.54, 1.807) is 18.7 Å². The van der Waals surface area contributed by atoms with Gasteiger partial charge in [-0.25, -0.2) is 9.48 Å². The maximum Gasteiger partial charge on any atom is 0.361 e. The van der Waals surface area contributed by atoms with E-state index in [4.69, 9.17) is 9.47 Å². The highest BCUT2D eigenvalue weighted by Gasteiger charge is 2.19. The van der Waals surface area contributed by atoms with Gasteiger partial charge in [0.05, 0.1) is 11.7 Å². The molecule has 1 rings (SSSR count). The van der Waals surface area contributed by atoms with E-state index < -0.39 is 5.97 Å². The zero-order chi connectivity index (χ0) is 13.5. The zero-order valence-corrected chi connectivity index (χ0v) is 11.0. The number of esters is 1. The van der Waals surface area contributed by atoms with E-state index in [2.05, 4.69) is 16.9 Å². The number of hydrogen-bond donors (Lipinski definition) is 0. The Kier molecular flexibility index (Phi) is 5.51. The summed E-state index contributed by atoms with van der Waals surface area (Å²) in [5.74, 6) is -0.474. The van der Waals surface area contributed by atoms with Crippen LogP contribution in [-0.4, -0.2) is 41.3 Å². The maximum absolute atomic E-state index is 11.7. The summed E-state index contributed by atoms with van der Waals surface area (Å²) in [6.07, 6.45) is 2.32. The van der Waals surface area contributed by atoms with Crippen LogP contribution in [0.3, 0.4) is 0 Å². The van der Waals surface area contributed by atoms with Gasteiger partial charge in [0, 0.05) is 13.7 Å². The predicted octanol–water partition coefficient (Wildman–Crippen LogP) is 1.53. The van der Waals surface area contributed by atoms with Crippen molar-refractivity contribution in [1.82, 2.24) is 15.0 Å². The highest BCUT2D eigenvalue weighted by molar-refractivity contribution is 5.88. The van der Waals surface area contributed by atoms with E-state index in [0.29, 0.717) is 12.3 Å². The Morgan fingerprint density at radius 3 is 2.94 bits per heavy atom. The van der Waals surface area contributed by atoms with Crippen LogP contribution >= 0.6 is 0 Å². The Labute approximate surface area is 107 Å². The van der Waals surface area contributed by atoms with E-state index in [9.17, 15) is 4.79 Å². The van der Waals surface area contributed by atoms with Crippen molar-refractivity contribution in [3.63, 3.8) is 0 Å². The fourth-order valence-electron chi connectivity index (χ4n) is 1.56. The first-order chi connectivity index (χ1) is 8.61. The molecule has 6 nitrogen and oxygen atoms in total. The SMILES string of the molecule is C=CCOC(=O)c1nnn(C(C)CCOC)c1C. The quantitative estimate of drug-likeness (QED) is 0.544. The van der Waals surface area contributed by atoms with Gasteiger partial charge >= 0.3 is 5.97 Å². The van der Waals surface area contributed by atoms with Gasteiger partial charge in [-0.15, -0.1) is 5.10 Å². The van der Waals surface area contributed by atoms with Crippen molar-refractivity contribution in [1.29, 1.82) is 0 Å². The van der Waals surface area contributed by atoms with Crippen molar-refractivity contribution in [2.24, 2.45) is 0 Å². The molecule has 0 aliphatic heterocycles. The van der Waals surface area contributed by atoms with Gasteiger partial charge in [-0.2, -0.15) is 0 Å². The number of ether oxygens (including phenoxy) is 2. The highest BCUT2D eigenvalue weighted by Crippen LogP contribution is 2.14. The molecule has 18 heavy (non-hydrogen) atoms. The molecule has 6 heteroatoms. The molecule has 0 bridgehead atoms. The average molecular weight is 253 g/mol. The molecule has 1 heterocycles. The van der Waals surface area contributed by atoms with Crippen molar-refractivity contribution in [3.05, 3.63) is 24.0 Å². The Balaban J connectivity index is 2.76. The van der Waals surface area contributed by atoms with E-state index in [0.717, 1.165) is 6.42 Å². The second kappa shape index (κ2) is 6.90. The Morgan fingerprint density at radius 2 is 2.33 bits per heavy atom. The van der Waals surface area contributed by atoms with Crippen LogP contribution in [0, 0.1) is 6.92 Å². The van der Waals surface area contributed by atoms with E-state index >= 15 is 0 Å². The number of methoxy groups -OCH3 is 1. The molecule has 0 saturated heterocycles. The lowest BCUT2D eigenvalue weighted by atomic mass is 10.2. The summed E-state index contributed by atoms with van der Waals surface area (Å²) in [6.45, 7) is 8.09. The molecule has 100 valence electrons.